The van der Waals surface area contributed by atoms with Crippen LogP contribution in [-0.2, 0) is 0 Å². The van der Waals surface area contributed by atoms with E-state index in [0.29, 0.717) is 0 Å². The molecule has 9 aromatic carbocycles. The summed E-state index contributed by atoms with van der Waals surface area (Å²) in [6.45, 7) is 0. The van der Waals surface area contributed by atoms with Crippen LogP contribution in [0.1, 0.15) is 0 Å². The summed E-state index contributed by atoms with van der Waals surface area (Å²) in [7, 11) is -3.03. The zero-order valence-electron chi connectivity index (χ0n) is 31.6. The summed E-state index contributed by atoms with van der Waals surface area (Å²) < 4.78 is 11.5. The van der Waals surface area contributed by atoms with Gasteiger partial charge in [0.25, 0.3) is 0 Å². The van der Waals surface area contributed by atoms with Crippen molar-refractivity contribution in [3.8, 4) is 11.4 Å². The minimum Gasteiger partial charge on any atom is -0.456 e. The van der Waals surface area contributed by atoms with Crippen LogP contribution >= 0.6 is 0 Å². The number of rotatable bonds is 6. The van der Waals surface area contributed by atoms with E-state index in [4.69, 9.17) is 4.42 Å². The van der Waals surface area contributed by atoms with Gasteiger partial charge in [0.05, 0.1) is 22.1 Å². The number of furan rings is 1. The smallest absolute Gasteiger partial charge is 0.180 e. The molecule has 0 aliphatic rings. The van der Waals surface area contributed by atoms with Gasteiger partial charge in [0, 0.05) is 43.7 Å². The Hall–Kier alpha value is -7.40. The Labute approximate surface area is 336 Å². The van der Waals surface area contributed by atoms with Crippen molar-refractivity contribution < 1.29 is 4.42 Å². The summed E-state index contributed by atoms with van der Waals surface area (Å²) in [5.41, 5.74) is 8.90. The Bertz CT molecular complexity index is 3470. The first-order chi connectivity index (χ1) is 28.8. The number of fused-ring (bicyclic) bond motifs is 9. The predicted molar refractivity (Wildman–Crippen MR) is 246 cm³/mol. The molecule has 0 amide bonds. The largest absolute Gasteiger partial charge is 0.456 e. The molecule has 0 radical (unpaired) electrons. The standard InChI is InChI=1S/C54H36N2OSi/c1-4-17-37(18-5-1)55-47-26-13-10-23-42(47)46-35-38(31-34-49(46)55)56-48-27-14-11-25-45(48)54-50(56)28-16-30-53(54)58(39-19-6-2-7-20-39,40-21-8-3-9-22-40)41-32-33-44-43-24-12-15-29-51(43)57-52(44)36-41/h1-36H. The van der Waals surface area contributed by atoms with Gasteiger partial charge < -0.3 is 13.6 Å². The third kappa shape index (κ3) is 4.67. The van der Waals surface area contributed by atoms with Crippen molar-refractivity contribution >= 4 is 94.4 Å². The number of aromatic nitrogens is 2. The Morgan fingerprint density at radius 2 is 0.862 bits per heavy atom. The molecule has 3 aromatic heterocycles. The van der Waals surface area contributed by atoms with Crippen LogP contribution in [0.5, 0.6) is 0 Å². The maximum absolute atomic E-state index is 6.63. The molecule has 0 N–H and O–H groups in total. The number of benzene rings is 9. The molecule has 0 saturated carbocycles. The molecule has 12 aromatic rings. The lowest BCUT2D eigenvalue weighted by atomic mass is 10.1. The highest BCUT2D eigenvalue weighted by molar-refractivity contribution is 7.21. The van der Waals surface area contributed by atoms with Gasteiger partial charge in [-0.25, -0.2) is 0 Å². The lowest BCUT2D eigenvalue weighted by Gasteiger charge is -2.35. The molecule has 0 bridgehead atoms. The van der Waals surface area contributed by atoms with Gasteiger partial charge in [-0.3, -0.25) is 0 Å². The third-order valence-corrected chi connectivity index (χ3v) is 17.1. The van der Waals surface area contributed by atoms with Gasteiger partial charge in [-0.15, -0.1) is 0 Å². The van der Waals surface area contributed by atoms with Crippen LogP contribution in [0.4, 0.5) is 0 Å². The van der Waals surface area contributed by atoms with Crippen LogP contribution < -0.4 is 20.7 Å². The molecule has 3 heterocycles. The number of hydrogen-bond donors (Lipinski definition) is 0. The fourth-order valence-corrected chi connectivity index (χ4v) is 14.9. The van der Waals surface area contributed by atoms with E-state index in [2.05, 4.69) is 221 Å². The number of para-hydroxylation sites is 4. The summed E-state index contributed by atoms with van der Waals surface area (Å²) in [6.07, 6.45) is 0. The molecule has 0 spiro atoms. The highest BCUT2D eigenvalue weighted by atomic mass is 28.3. The Kier molecular flexibility index (Phi) is 7.25. The minimum atomic E-state index is -3.03. The van der Waals surface area contributed by atoms with E-state index in [9.17, 15) is 0 Å². The molecule has 3 nitrogen and oxygen atoms in total. The fraction of sp³-hybridized carbons (Fsp3) is 0. The van der Waals surface area contributed by atoms with E-state index in [1.54, 1.807) is 0 Å². The van der Waals surface area contributed by atoms with Crippen LogP contribution in [0.15, 0.2) is 223 Å². The van der Waals surface area contributed by atoms with Crippen LogP contribution in [0.25, 0.3) is 76.9 Å². The summed E-state index contributed by atoms with van der Waals surface area (Å²) in [5, 5.41) is 12.6. The van der Waals surface area contributed by atoms with Gasteiger partial charge in [-0.05, 0) is 81.4 Å². The van der Waals surface area contributed by atoms with E-state index in [-0.39, 0.29) is 0 Å². The van der Waals surface area contributed by atoms with Gasteiger partial charge in [0.2, 0.25) is 0 Å². The maximum Gasteiger partial charge on any atom is 0.180 e. The average Bonchev–Trinajstić information content (AvgIpc) is 3.95. The van der Waals surface area contributed by atoms with Gasteiger partial charge >= 0.3 is 0 Å². The summed E-state index contributed by atoms with van der Waals surface area (Å²) >= 11 is 0. The normalized spacial score (nSPS) is 12.1. The SMILES string of the molecule is c1ccc(-n2c3ccccc3c3cc(-n4c5ccccc5c5c([Si](c6ccccc6)(c6ccccc6)c6ccc7c(c6)oc6ccccc67)cccc54)ccc32)cc1. The first-order valence-corrected chi connectivity index (χ1v) is 21.9. The van der Waals surface area contributed by atoms with Crippen molar-refractivity contribution in [3.05, 3.63) is 218 Å². The number of hydrogen-bond acceptors (Lipinski definition) is 1. The average molecular weight is 757 g/mol. The molecule has 0 atom stereocenters. The topological polar surface area (TPSA) is 23.0 Å². The van der Waals surface area contributed by atoms with Gasteiger partial charge in [0.15, 0.2) is 8.07 Å². The van der Waals surface area contributed by atoms with Crippen molar-refractivity contribution in [3.63, 3.8) is 0 Å². The summed E-state index contributed by atoms with van der Waals surface area (Å²) in [6, 6.07) is 80.2. The first-order valence-electron chi connectivity index (χ1n) is 19.9. The van der Waals surface area contributed by atoms with Crippen molar-refractivity contribution in [2.45, 2.75) is 0 Å². The van der Waals surface area contributed by atoms with Crippen LogP contribution in [-0.4, -0.2) is 17.2 Å². The summed E-state index contributed by atoms with van der Waals surface area (Å²) in [4.78, 5) is 0. The van der Waals surface area contributed by atoms with E-state index < -0.39 is 8.07 Å². The van der Waals surface area contributed by atoms with E-state index in [0.717, 1.165) is 33.3 Å². The van der Waals surface area contributed by atoms with Gasteiger partial charge in [-0.1, -0.05) is 158 Å². The lowest BCUT2D eigenvalue weighted by molar-refractivity contribution is 0.669. The maximum atomic E-state index is 6.63. The zero-order chi connectivity index (χ0) is 38.2. The van der Waals surface area contributed by atoms with E-state index >= 15 is 0 Å². The highest BCUT2D eigenvalue weighted by Gasteiger charge is 2.43. The van der Waals surface area contributed by atoms with Gasteiger partial charge in [0.1, 0.15) is 11.2 Å². The van der Waals surface area contributed by atoms with Crippen molar-refractivity contribution in [2.75, 3.05) is 0 Å². The molecule has 0 saturated heterocycles. The zero-order valence-corrected chi connectivity index (χ0v) is 32.6. The molecule has 0 unspecified atom stereocenters. The van der Waals surface area contributed by atoms with Gasteiger partial charge in [-0.2, -0.15) is 0 Å². The molecular weight excluding hydrogens is 721 g/mol. The molecule has 272 valence electrons. The second-order valence-corrected chi connectivity index (χ2v) is 19.0. The fourth-order valence-electron chi connectivity index (χ4n) is 9.87. The molecule has 4 heteroatoms. The first kappa shape index (κ1) is 32.8. The van der Waals surface area contributed by atoms with E-state index in [1.165, 1.54) is 64.4 Å². The van der Waals surface area contributed by atoms with Crippen LogP contribution in [0.2, 0.25) is 0 Å². The highest BCUT2D eigenvalue weighted by Crippen LogP contribution is 2.37. The predicted octanol–water partition coefficient (Wildman–Crippen LogP) is 11.2. The van der Waals surface area contributed by atoms with Crippen molar-refractivity contribution in [1.29, 1.82) is 0 Å². The second-order valence-electron chi connectivity index (χ2n) is 15.2. The molecule has 0 aliphatic heterocycles. The molecular formula is C54H36N2OSi. The third-order valence-electron chi connectivity index (χ3n) is 12.3. The van der Waals surface area contributed by atoms with E-state index in [1.807, 2.05) is 6.07 Å². The number of nitrogens with zero attached hydrogens (tertiary/aromatic N) is 2. The van der Waals surface area contributed by atoms with Crippen LogP contribution in [0.3, 0.4) is 0 Å². The minimum absolute atomic E-state index is 0.912. The monoisotopic (exact) mass is 756 g/mol. The Morgan fingerprint density at radius 1 is 0.310 bits per heavy atom. The molecule has 12 rings (SSSR count). The second kappa shape index (κ2) is 12.8. The molecule has 0 aliphatic carbocycles. The molecule has 58 heavy (non-hydrogen) atoms. The van der Waals surface area contributed by atoms with Crippen molar-refractivity contribution in [2.24, 2.45) is 0 Å². The molecule has 0 fully saturated rings. The Morgan fingerprint density at radius 3 is 1.60 bits per heavy atom. The lowest BCUT2D eigenvalue weighted by Crippen LogP contribution is -2.74. The Balaban J connectivity index is 1.18. The quantitative estimate of drug-likeness (QED) is 0.122. The van der Waals surface area contributed by atoms with Crippen LogP contribution in [0, 0.1) is 0 Å². The summed E-state index contributed by atoms with van der Waals surface area (Å²) in [5.74, 6) is 0. The van der Waals surface area contributed by atoms with Crippen molar-refractivity contribution in [1.82, 2.24) is 9.13 Å².